The molecule has 0 bridgehead atoms. The van der Waals surface area contributed by atoms with Gasteiger partial charge in [0, 0.05) is 18.8 Å². The molecule has 16 heavy (non-hydrogen) atoms. The highest BCUT2D eigenvalue weighted by Gasteiger charge is 2.12. The van der Waals surface area contributed by atoms with Crippen molar-refractivity contribution in [1.82, 2.24) is 0 Å². The molecule has 1 aliphatic rings. The molecule has 0 amide bonds. The van der Waals surface area contributed by atoms with Crippen LogP contribution in [0.15, 0.2) is 30.3 Å². The number of rotatable bonds is 3. The Kier molecular flexibility index (Phi) is 3.72. The SMILES string of the molecule is O=C/C=C/c1ccccc1N1CCOCC1. The lowest BCUT2D eigenvalue weighted by molar-refractivity contribution is -0.104. The highest BCUT2D eigenvalue weighted by Crippen LogP contribution is 2.22. The summed E-state index contributed by atoms with van der Waals surface area (Å²) >= 11 is 0. The van der Waals surface area contributed by atoms with E-state index in [-0.39, 0.29) is 0 Å². The van der Waals surface area contributed by atoms with E-state index < -0.39 is 0 Å². The van der Waals surface area contributed by atoms with Crippen LogP contribution in [0.5, 0.6) is 0 Å². The molecule has 3 nitrogen and oxygen atoms in total. The second kappa shape index (κ2) is 5.47. The van der Waals surface area contributed by atoms with E-state index in [1.807, 2.05) is 24.3 Å². The van der Waals surface area contributed by atoms with Crippen molar-refractivity contribution in [2.75, 3.05) is 31.2 Å². The molecule has 0 N–H and O–H groups in total. The van der Waals surface area contributed by atoms with Gasteiger partial charge in [-0.05, 0) is 23.8 Å². The van der Waals surface area contributed by atoms with Gasteiger partial charge in [-0.15, -0.1) is 0 Å². The molecule has 0 aromatic heterocycles. The number of aldehydes is 1. The Morgan fingerprint density at radius 2 is 1.94 bits per heavy atom. The minimum atomic E-state index is 0.770. The maximum Gasteiger partial charge on any atom is 0.142 e. The van der Waals surface area contributed by atoms with E-state index >= 15 is 0 Å². The lowest BCUT2D eigenvalue weighted by Crippen LogP contribution is -2.36. The average Bonchev–Trinajstić information content (AvgIpc) is 2.38. The number of allylic oxidation sites excluding steroid dienone is 1. The number of para-hydroxylation sites is 1. The number of carbonyl (C=O) groups excluding carboxylic acids is 1. The van der Waals surface area contributed by atoms with Crippen molar-refractivity contribution in [2.45, 2.75) is 0 Å². The molecular weight excluding hydrogens is 202 g/mol. The van der Waals surface area contributed by atoms with E-state index in [0.29, 0.717) is 0 Å². The van der Waals surface area contributed by atoms with Gasteiger partial charge in [0.15, 0.2) is 0 Å². The van der Waals surface area contributed by atoms with Gasteiger partial charge >= 0.3 is 0 Å². The van der Waals surface area contributed by atoms with Gasteiger partial charge in [-0.2, -0.15) is 0 Å². The summed E-state index contributed by atoms with van der Waals surface area (Å²) in [5, 5.41) is 0. The molecule has 1 aliphatic heterocycles. The average molecular weight is 217 g/mol. The van der Waals surface area contributed by atoms with Crippen LogP contribution in [-0.4, -0.2) is 32.6 Å². The quantitative estimate of drug-likeness (QED) is 0.570. The lowest BCUT2D eigenvalue weighted by Gasteiger charge is -2.30. The molecule has 1 aromatic rings. The first-order valence-electron chi connectivity index (χ1n) is 5.45. The molecule has 0 aliphatic carbocycles. The Morgan fingerprint density at radius 3 is 2.69 bits per heavy atom. The van der Waals surface area contributed by atoms with Crippen molar-refractivity contribution in [3.63, 3.8) is 0 Å². The second-order valence-electron chi connectivity index (χ2n) is 3.65. The van der Waals surface area contributed by atoms with Gasteiger partial charge in [0.1, 0.15) is 6.29 Å². The van der Waals surface area contributed by atoms with E-state index in [2.05, 4.69) is 11.0 Å². The summed E-state index contributed by atoms with van der Waals surface area (Å²) in [6, 6.07) is 8.10. The first kappa shape index (κ1) is 10.9. The summed E-state index contributed by atoms with van der Waals surface area (Å²) in [6.45, 7) is 3.36. The topological polar surface area (TPSA) is 29.5 Å². The summed E-state index contributed by atoms with van der Waals surface area (Å²) in [4.78, 5) is 12.6. The lowest BCUT2D eigenvalue weighted by atomic mass is 10.1. The minimum Gasteiger partial charge on any atom is -0.378 e. The fraction of sp³-hybridized carbons (Fsp3) is 0.308. The van der Waals surface area contributed by atoms with Crippen molar-refractivity contribution < 1.29 is 9.53 Å². The molecule has 0 spiro atoms. The Morgan fingerprint density at radius 1 is 1.19 bits per heavy atom. The number of morpholine rings is 1. The zero-order valence-corrected chi connectivity index (χ0v) is 9.13. The summed E-state index contributed by atoms with van der Waals surface area (Å²) in [5.74, 6) is 0. The van der Waals surface area contributed by atoms with Gasteiger partial charge < -0.3 is 9.64 Å². The smallest absolute Gasteiger partial charge is 0.142 e. The van der Waals surface area contributed by atoms with Crippen LogP contribution in [-0.2, 0) is 9.53 Å². The molecule has 84 valence electrons. The van der Waals surface area contributed by atoms with E-state index in [9.17, 15) is 4.79 Å². The molecule has 1 saturated heterocycles. The first-order chi connectivity index (χ1) is 7.92. The van der Waals surface area contributed by atoms with E-state index in [4.69, 9.17) is 4.74 Å². The zero-order chi connectivity index (χ0) is 11.2. The highest BCUT2D eigenvalue weighted by molar-refractivity contribution is 5.78. The van der Waals surface area contributed by atoms with Gasteiger partial charge in [0.05, 0.1) is 13.2 Å². The predicted octanol–water partition coefficient (Wildman–Crippen LogP) is 1.74. The fourth-order valence-corrected chi connectivity index (χ4v) is 1.86. The molecule has 1 heterocycles. The third-order valence-corrected chi connectivity index (χ3v) is 2.64. The van der Waals surface area contributed by atoms with E-state index in [0.717, 1.165) is 38.2 Å². The zero-order valence-electron chi connectivity index (χ0n) is 9.13. The van der Waals surface area contributed by atoms with Crippen molar-refractivity contribution in [3.05, 3.63) is 35.9 Å². The monoisotopic (exact) mass is 217 g/mol. The van der Waals surface area contributed by atoms with Gasteiger partial charge in [-0.3, -0.25) is 4.79 Å². The number of nitrogens with zero attached hydrogens (tertiary/aromatic N) is 1. The molecule has 0 saturated carbocycles. The standard InChI is InChI=1S/C13H15NO2/c15-9-3-5-12-4-1-2-6-13(12)14-7-10-16-11-8-14/h1-6,9H,7-8,10-11H2/b5-3+. The fourth-order valence-electron chi connectivity index (χ4n) is 1.86. The van der Waals surface area contributed by atoms with Crippen molar-refractivity contribution in [2.24, 2.45) is 0 Å². The van der Waals surface area contributed by atoms with Crippen LogP contribution in [0.3, 0.4) is 0 Å². The number of hydrogen-bond acceptors (Lipinski definition) is 3. The predicted molar refractivity (Wildman–Crippen MR) is 64.6 cm³/mol. The maximum absolute atomic E-state index is 10.3. The molecule has 0 radical (unpaired) electrons. The summed E-state index contributed by atoms with van der Waals surface area (Å²) < 4.78 is 5.33. The van der Waals surface area contributed by atoms with Gasteiger partial charge in [0.25, 0.3) is 0 Å². The van der Waals surface area contributed by atoms with Crippen LogP contribution >= 0.6 is 0 Å². The van der Waals surface area contributed by atoms with Crippen LogP contribution < -0.4 is 4.90 Å². The molecule has 1 aromatic carbocycles. The number of carbonyl (C=O) groups is 1. The number of hydrogen-bond donors (Lipinski definition) is 0. The van der Waals surface area contributed by atoms with Crippen molar-refractivity contribution in [3.8, 4) is 0 Å². The van der Waals surface area contributed by atoms with Crippen LogP contribution in [0.25, 0.3) is 6.08 Å². The number of anilines is 1. The van der Waals surface area contributed by atoms with Gasteiger partial charge in [-0.1, -0.05) is 18.2 Å². The Labute approximate surface area is 95.3 Å². The Balaban J connectivity index is 2.24. The van der Waals surface area contributed by atoms with Crippen LogP contribution in [0.4, 0.5) is 5.69 Å². The number of benzene rings is 1. The largest absolute Gasteiger partial charge is 0.378 e. The Bertz CT molecular complexity index is 381. The summed E-state index contributed by atoms with van der Waals surface area (Å²) in [5.41, 5.74) is 2.25. The van der Waals surface area contributed by atoms with Crippen molar-refractivity contribution in [1.29, 1.82) is 0 Å². The van der Waals surface area contributed by atoms with E-state index in [1.54, 1.807) is 0 Å². The normalized spacial score (nSPS) is 16.6. The summed E-state index contributed by atoms with van der Waals surface area (Å²) in [7, 11) is 0. The maximum atomic E-state index is 10.3. The Hall–Kier alpha value is -1.61. The molecule has 0 unspecified atom stereocenters. The third-order valence-electron chi connectivity index (χ3n) is 2.64. The highest BCUT2D eigenvalue weighted by atomic mass is 16.5. The van der Waals surface area contributed by atoms with Crippen molar-refractivity contribution >= 4 is 18.0 Å². The van der Waals surface area contributed by atoms with Gasteiger partial charge in [-0.25, -0.2) is 0 Å². The molecule has 0 atom stereocenters. The van der Waals surface area contributed by atoms with Gasteiger partial charge in [0.2, 0.25) is 0 Å². The second-order valence-corrected chi connectivity index (χ2v) is 3.65. The third kappa shape index (κ3) is 2.49. The van der Waals surface area contributed by atoms with Crippen LogP contribution in [0, 0.1) is 0 Å². The molecule has 1 fully saturated rings. The minimum absolute atomic E-state index is 0.770. The molecular formula is C13H15NO2. The molecule has 3 heteroatoms. The summed E-state index contributed by atoms with van der Waals surface area (Å²) in [6.07, 6.45) is 4.17. The van der Waals surface area contributed by atoms with Crippen LogP contribution in [0.1, 0.15) is 5.56 Å². The van der Waals surface area contributed by atoms with Crippen LogP contribution in [0.2, 0.25) is 0 Å². The van der Waals surface area contributed by atoms with E-state index in [1.165, 1.54) is 11.8 Å². The number of ether oxygens (including phenoxy) is 1. The first-order valence-corrected chi connectivity index (χ1v) is 5.45. The molecule has 2 rings (SSSR count).